The zero-order valence-corrected chi connectivity index (χ0v) is 13.9. The van der Waals surface area contributed by atoms with E-state index in [9.17, 15) is 9.90 Å². The van der Waals surface area contributed by atoms with Crippen LogP contribution in [-0.2, 0) is 4.79 Å². The van der Waals surface area contributed by atoms with E-state index in [0.29, 0.717) is 16.6 Å². The SMILES string of the molecule is O=C(O)C1CCCN(c2ccc(-c3cccc(Cl)c3Cl)cn2)C1. The summed E-state index contributed by atoms with van der Waals surface area (Å²) in [7, 11) is 0. The molecule has 2 aromatic rings. The molecule has 0 saturated carbocycles. The number of hydrogen-bond acceptors (Lipinski definition) is 3. The molecule has 0 bridgehead atoms. The van der Waals surface area contributed by atoms with Crippen LogP contribution in [0, 0.1) is 5.92 Å². The Morgan fingerprint density at radius 2 is 2.09 bits per heavy atom. The van der Waals surface area contributed by atoms with Crippen molar-refractivity contribution in [2.45, 2.75) is 12.8 Å². The number of carbonyl (C=O) groups is 1. The Kier molecular flexibility index (Phi) is 4.74. The first-order valence-corrected chi connectivity index (χ1v) is 8.20. The lowest BCUT2D eigenvalue weighted by Crippen LogP contribution is -2.39. The molecule has 1 aromatic heterocycles. The van der Waals surface area contributed by atoms with Crippen LogP contribution in [0.5, 0.6) is 0 Å². The minimum Gasteiger partial charge on any atom is -0.481 e. The maximum Gasteiger partial charge on any atom is 0.308 e. The molecule has 2 heterocycles. The van der Waals surface area contributed by atoms with Crippen molar-refractivity contribution >= 4 is 35.0 Å². The first-order chi connectivity index (χ1) is 11.1. The standard InChI is InChI=1S/C17H16Cl2N2O2/c18-14-5-1-4-13(16(14)19)11-6-7-15(20-9-11)21-8-2-3-12(10-21)17(22)23/h1,4-7,9,12H,2-3,8,10H2,(H,22,23). The number of halogens is 2. The zero-order chi connectivity index (χ0) is 16.4. The number of rotatable bonds is 3. The van der Waals surface area contributed by atoms with Crippen molar-refractivity contribution in [2.24, 2.45) is 5.92 Å². The van der Waals surface area contributed by atoms with Gasteiger partial charge in [0.2, 0.25) is 0 Å². The van der Waals surface area contributed by atoms with Crippen LogP contribution in [0.15, 0.2) is 36.5 Å². The van der Waals surface area contributed by atoms with E-state index in [1.165, 1.54) is 0 Å². The molecule has 1 fully saturated rings. The molecule has 1 aliphatic rings. The van der Waals surface area contributed by atoms with Crippen molar-refractivity contribution < 1.29 is 9.90 Å². The first-order valence-electron chi connectivity index (χ1n) is 7.44. The van der Waals surface area contributed by atoms with Crippen LogP contribution in [0.1, 0.15) is 12.8 Å². The molecule has 0 radical (unpaired) electrons. The van der Waals surface area contributed by atoms with Gasteiger partial charge in [-0.05, 0) is 31.0 Å². The minimum absolute atomic E-state index is 0.326. The van der Waals surface area contributed by atoms with Crippen LogP contribution < -0.4 is 4.90 Å². The summed E-state index contributed by atoms with van der Waals surface area (Å²) in [6, 6.07) is 9.32. The molecule has 0 aliphatic carbocycles. The highest BCUT2D eigenvalue weighted by Gasteiger charge is 2.26. The zero-order valence-electron chi connectivity index (χ0n) is 12.4. The number of piperidine rings is 1. The Balaban J connectivity index is 1.82. The van der Waals surface area contributed by atoms with Crippen LogP contribution in [-0.4, -0.2) is 29.1 Å². The van der Waals surface area contributed by atoms with Gasteiger partial charge in [-0.15, -0.1) is 0 Å². The molecule has 1 unspecified atom stereocenters. The third kappa shape index (κ3) is 3.43. The summed E-state index contributed by atoms with van der Waals surface area (Å²) in [5, 5.41) is 10.2. The molecule has 23 heavy (non-hydrogen) atoms. The van der Waals surface area contributed by atoms with E-state index in [4.69, 9.17) is 23.2 Å². The average Bonchev–Trinajstić information content (AvgIpc) is 2.58. The summed E-state index contributed by atoms with van der Waals surface area (Å²) in [5.74, 6) is -0.275. The maximum atomic E-state index is 11.2. The lowest BCUT2D eigenvalue weighted by atomic mass is 9.98. The predicted octanol–water partition coefficient (Wildman–Crippen LogP) is 4.36. The van der Waals surface area contributed by atoms with Crippen LogP contribution >= 0.6 is 23.2 Å². The molecule has 1 aliphatic heterocycles. The van der Waals surface area contributed by atoms with Crippen LogP contribution in [0.4, 0.5) is 5.82 Å². The Bertz CT molecular complexity index is 719. The molecular weight excluding hydrogens is 335 g/mol. The molecule has 1 saturated heterocycles. The van der Waals surface area contributed by atoms with E-state index in [-0.39, 0.29) is 5.92 Å². The number of nitrogens with zero attached hydrogens (tertiary/aromatic N) is 2. The smallest absolute Gasteiger partial charge is 0.308 e. The van der Waals surface area contributed by atoms with E-state index >= 15 is 0 Å². The Labute approximate surface area is 144 Å². The van der Waals surface area contributed by atoms with Crippen molar-refractivity contribution in [1.29, 1.82) is 0 Å². The van der Waals surface area contributed by atoms with Gasteiger partial charge in [0.25, 0.3) is 0 Å². The predicted molar refractivity (Wildman–Crippen MR) is 92.3 cm³/mol. The quantitative estimate of drug-likeness (QED) is 0.893. The monoisotopic (exact) mass is 350 g/mol. The summed E-state index contributed by atoms with van der Waals surface area (Å²) < 4.78 is 0. The molecule has 3 rings (SSSR count). The highest BCUT2D eigenvalue weighted by molar-refractivity contribution is 6.43. The summed E-state index contributed by atoms with van der Waals surface area (Å²) in [6.45, 7) is 1.33. The van der Waals surface area contributed by atoms with Gasteiger partial charge in [-0.2, -0.15) is 0 Å². The molecule has 6 heteroatoms. The minimum atomic E-state index is -0.739. The number of anilines is 1. The fraction of sp³-hybridized carbons (Fsp3) is 0.294. The summed E-state index contributed by atoms with van der Waals surface area (Å²) in [4.78, 5) is 17.7. The summed E-state index contributed by atoms with van der Waals surface area (Å²) in [6.07, 6.45) is 3.33. The second-order valence-electron chi connectivity index (χ2n) is 5.63. The number of carboxylic acid groups (broad SMARTS) is 1. The molecule has 4 nitrogen and oxygen atoms in total. The number of pyridine rings is 1. The lowest BCUT2D eigenvalue weighted by molar-refractivity contribution is -0.141. The van der Waals surface area contributed by atoms with Crippen LogP contribution in [0.3, 0.4) is 0 Å². The molecule has 1 atom stereocenters. The third-order valence-corrected chi connectivity index (χ3v) is 4.92. The third-order valence-electron chi connectivity index (χ3n) is 4.11. The van der Waals surface area contributed by atoms with Crippen LogP contribution in [0.2, 0.25) is 10.0 Å². The van der Waals surface area contributed by atoms with Gasteiger partial charge in [0, 0.05) is 30.4 Å². The van der Waals surface area contributed by atoms with Gasteiger partial charge in [0.1, 0.15) is 5.82 Å². The second kappa shape index (κ2) is 6.77. The van der Waals surface area contributed by atoms with Crippen molar-refractivity contribution in [2.75, 3.05) is 18.0 Å². The van der Waals surface area contributed by atoms with Gasteiger partial charge < -0.3 is 10.0 Å². The van der Waals surface area contributed by atoms with Gasteiger partial charge in [-0.1, -0.05) is 35.3 Å². The van der Waals surface area contributed by atoms with Crippen LogP contribution in [0.25, 0.3) is 11.1 Å². The van der Waals surface area contributed by atoms with Gasteiger partial charge in [-0.3, -0.25) is 4.79 Å². The highest BCUT2D eigenvalue weighted by atomic mass is 35.5. The molecule has 0 spiro atoms. The molecule has 120 valence electrons. The highest BCUT2D eigenvalue weighted by Crippen LogP contribution is 2.33. The summed E-state index contributed by atoms with van der Waals surface area (Å²) in [5.41, 5.74) is 1.72. The first kappa shape index (κ1) is 16.1. The van der Waals surface area contributed by atoms with Crippen molar-refractivity contribution in [1.82, 2.24) is 4.98 Å². The summed E-state index contributed by atoms with van der Waals surface area (Å²) >= 11 is 12.3. The maximum absolute atomic E-state index is 11.2. The van der Waals surface area contributed by atoms with E-state index in [2.05, 4.69) is 4.98 Å². The van der Waals surface area contributed by atoms with Crippen molar-refractivity contribution in [3.63, 3.8) is 0 Å². The van der Waals surface area contributed by atoms with E-state index in [1.54, 1.807) is 12.3 Å². The number of benzene rings is 1. The second-order valence-corrected chi connectivity index (χ2v) is 6.42. The van der Waals surface area contributed by atoms with Gasteiger partial charge >= 0.3 is 5.97 Å². The van der Waals surface area contributed by atoms with E-state index in [0.717, 1.165) is 36.3 Å². The Morgan fingerprint density at radius 3 is 2.78 bits per heavy atom. The molecule has 1 aromatic carbocycles. The van der Waals surface area contributed by atoms with E-state index < -0.39 is 5.97 Å². The van der Waals surface area contributed by atoms with Gasteiger partial charge in [0.05, 0.1) is 16.0 Å². The number of hydrogen-bond donors (Lipinski definition) is 1. The normalized spacial score (nSPS) is 18.0. The molecular formula is C17H16Cl2N2O2. The average molecular weight is 351 g/mol. The Hall–Kier alpha value is -1.78. The fourth-order valence-corrected chi connectivity index (χ4v) is 3.26. The largest absolute Gasteiger partial charge is 0.481 e. The number of aliphatic carboxylic acids is 1. The van der Waals surface area contributed by atoms with Crippen molar-refractivity contribution in [3.05, 3.63) is 46.6 Å². The fourth-order valence-electron chi connectivity index (χ4n) is 2.85. The van der Waals surface area contributed by atoms with Gasteiger partial charge in [-0.25, -0.2) is 4.98 Å². The Morgan fingerprint density at radius 1 is 1.26 bits per heavy atom. The lowest BCUT2D eigenvalue weighted by Gasteiger charge is -2.31. The number of aromatic nitrogens is 1. The van der Waals surface area contributed by atoms with E-state index in [1.807, 2.05) is 29.2 Å². The molecule has 1 N–H and O–H groups in total. The molecule has 0 amide bonds. The topological polar surface area (TPSA) is 53.4 Å². The van der Waals surface area contributed by atoms with Gasteiger partial charge in [0.15, 0.2) is 0 Å². The van der Waals surface area contributed by atoms with Crippen molar-refractivity contribution in [3.8, 4) is 11.1 Å². The number of carboxylic acids is 1.